The molecular weight excluding hydrogens is 368 g/mol. The third-order valence-electron chi connectivity index (χ3n) is 3.93. The number of hydrogen-bond acceptors (Lipinski definition) is 6. The molecule has 1 atom stereocenters. The van der Waals surface area contributed by atoms with Crippen molar-refractivity contribution in [1.29, 1.82) is 0 Å². The lowest BCUT2D eigenvalue weighted by molar-refractivity contribution is -0.117. The molecule has 0 saturated heterocycles. The number of carbonyl (C=O) groups excluding carboxylic acids is 2. The summed E-state index contributed by atoms with van der Waals surface area (Å²) in [5.41, 5.74) is 0. The van der Waals surface area contributed by atoms with E-state index in [1.165, 1.54) is 54.8 Å². The van der Waals surface area contributed by atoms with Gasteiger partial charge in [0.25, 0.3) is 5.91 Å². The number of anilines is 1. The van der Waals surface area contributed by atoms with Crippen LogP contribution < -0.4 is 10.6 Å². The number of hydrogen-bond donors (Lipinski definition) is 2. The lowest BCUT2D eigenvalue weighted by Crippen LogP contribution is -2.41. The van der Waals surface area contributed by atoms with Crippen molar-refractivity contribution in [1.82, 2.24) is 15.5 Å². The predicted octanol–water partition coefficient (Wildman–Crippen LogP) is 4.26. The number of unbranched alkanes of at least 4 members (excludes halogenated alkanes) is 5. The minimum Gasteiger partial charge on any atom is -0.340 e. The van der Waals surface area contributed by atoms with Crippen molar-refractivity contribution < 1.29 is 9.59 Å². The maximum atomic E-state index is 12.2. The molecule has 0 aliphatic carbocycles. The van der Waals surface area contributed by atoms with Gasteiger partial charge < -0.3 is 5.32 Å². The highest BCUT2D eigenvalue weighted by Crippen LogP contribution is 2.18. The Morgan fingerprint density at radius 1 is 1.15 bits per heavy atom. The third-order valence-corrected chi connectivity index (χ3v) is 5.69. The van der Waals surface area contributed by atoms with Crippen LogP contribution in [0.3, 0.4) is 0 Å². The van der Waals surface area contributed by atoms with Gasteiger partial charge in [-0.05, 0) is 24.8 Å². The van der Waals surface area contributed by atoms with Crippen LogP contribution in [0.25, 0.3) is 0 Å². The third kappa shape index (κ3) is 6.84. The van der Waals surface area contributed by atoms with Crippen molar-refractivity contribution in [2.24, 2.45) is 0 Å². The Morgan fingerprint density at radius 3 is 2.65 bits per heavy atom. The lowest BCUT2D eigenvalue weighted by Gasteiger charge is -2.11. The average molecular weight is 395 g/mol. The van der Waals surface area contributed by atoms with Gasteiger partial charge in [-0.15, -0.1) is 21.5 Å². The van der Waals surface area contributed by atoms with E-state index in [0.717, 1.165) is 17.8 Å². The molecule has 2 rings (SSSR count). The summed E-state index contributed by atoms with van der Waals surface area (Å²) in [6.45, 7) is 3.87. The smallest absolute Gasteiger partial charge is 0.261 e. The minimum absolute atomic E-state index is 0.247. The highest BCUT2D eigenvalue weighted by molar-refractivity contribution is 7.15. The number of carbonyl (C=O) groups is 2. The summed E-state index contributed by atoms with van der Waals surface area (Å²) < 4.78 is 0. The van der Waals surface area contributed by atoms with Gasteiger partial charge in [0.05, 0.1) is 4.88 Å². The normalized spacial score (nSPS) is 11.9. The zero-order chi connectivity index (χ0) is 18.8. The zero-order valence-electron chi connectivity index (χ0n) is 15.3. The van der Waals surface area contributed by atoms with Crippen LogP contribution in [0.15, 0.2) is 17.5 Å². The molecule has 0 fully saturated rings. The van der Waals surface area contributed by atoms with E-state index < -0.39 is 6.04 Å². The van der Waals surface area contributed by atoms with Gasteiger partial charge in [-0.3, -0.25) is 14.9 Å². The van der Waals surface area contributed by atoms with Crippen molar-refractivity contribution in [3.8, 4) is 0 Å². The van der Waals surface area contributed by atoms with Gasteiger partial charge in [0.1, 0.15) is 11.0 Å². The van der Waals surface area contributed by atoms with Crippen LogP contribution in [-0.2, 0) is 11.2 Å². The molecule has 8 heteroatoms. The van der Waals surface area contributed by atoms with Crippen LogP contribution >= 0.6 is 22.7 Å². The van der Waals surface area contributed by atoms with Gasteiger partial charge in [-0.25, -0.2) is 0 Å². The van der Waals surface area contributed by atoms with Crippen molar-refractivity contribution >= 4 is 39.6 Å². The summed E-state index contributed by atoms with van der Waals surface area (Å²) >= 11 is 2.74. The first kappa shape index (κ1) is 20.5. The van der Waals surface area contributed by atoms with E-state index in [4.69, 9.17) is 0 Å². The summed E-state index contributed by atoms with van der Waals surface area (Å²) in [6, 6.07) is 2.89. The number of nitrogens with zero attached hydrogens (tertiary/aromatic N) is 2. The average Bonchev–Trinajstić information content (AvgIpc) is 3.30. The fourth-order valence-corrected chi connectivity index (χ4v) is 3.83. The molecule has 0 saturated carbocycles. The summed E-state index contributed by atoms with van der Waals surface area (Å²) in [7, 11) is 0. The summed E-state index contributed by atoms with van der Waals surface area (Å²) in [4.78, 5) is 24.8. The van der Waals surface area contributed by atoms with Crippen LogP contribution in [0.1, 0.15) is 67.1 Å². The first-order valence-corrected chi connectivity index (χ1v) is 10.8. The molecule has 0 radical (unpaired) electrons. The first-order chi connectivity index (χ1) is 12.6. The lowest BCUT2D eigenvalue weighted by atomic mass is 10.1. The Labute approximate surface area is 162 Å². The van der Waals surface area contributed by atoms with E-state index in [2.05, 4.69) is 27.8 Å². The van der Waals surface area contributed by atoms with Crippen LogP contribution in [0.2, 0.25) is 0 Å². The van der Waals surface area contributed by atoms with Gasteiger partial charge in [0.2, 0.25) is 11.0 Å². The van der Waals surface area contributed by atoms with Crippen LogP contribution in [0, 0.1) is 0 Å². The molecule has 2 amide bonds. The molecule has 2 aromatic rings. The summed E-state index contributed by atoms with van der Waals surface area (Å²) in [5.74, 6) is -0.541. The summed E-state index contributed by atoms with van der Waals surface area (Å²) in [6.07, 6.45) is 8.31. The molecule has 2 N–H and O–H groups in total. The van der Waals surface area contributed by atoms with Gasteiger partial charge in [-0.2, -0.15) is 0 Å². The molecule has 0 aliphatic heterocycles. The highest BCUT2D eigenvalue weighted by atomic mass is 32.1. The molecule has 26 heavy (non-hydrogen) atoms. The largest absolute Gasteiger partial charge is 0.340 e. The Morgan fingerprint density at radius 2 is 1.92 bits per heavy atom. The van der Waals surface area contributed by atoms with Crippen molar-refractivity contribution in [3.63, 3.8) is 0 Å². The molecule has 1 unspecified atom stereocenters. The minimum atomic E-state index is -0.643. The van der Waals surface area contributed by atoms with Crippen molar-refractivity contribution in [3.05, 3.63) is 27.4 Å². The number of nitrogens with one attached hydrogen (secondary N) is 2. The second-order valence-corrected chi connectivity index (χ2v) is 8.19. The maximum absolute atomic E-state index is 12.2. The molecule has 0 bridgehead atoms. The number of rotatable bonds is 11. The van der Waals surface area contributed by atoms with Gasteiger partial charge in [0, 0.05) is 6.42 Å². The topological polar surface area (TPSA) is 84.0 Å². The predicted molar refractivity (Wildman–Crippen MR) is 107 cm³/mol. The number of aryl methyl sites for hydroxylation is 1. The molecule has 6 nitrogen and oxygen atoms in total. The van der Waals surface area contributed by atoms with E-state index in [9.17, 15) is 9.59 Å². The quantitative estimate of drug-likeness (QED) is 0.558. The standard InChI is InChI=1S/C18H26N4O2S2/c1-3-4-5-6-7-8-11-15-21-22-18(26-15)20-16(23)13(2)19-17(24)14-10-9-12-25-14/h9-10,12-13H,3-8,11H2,1-2H3,(H,19,24)(H,20,22,23). The molecular formula is C18H26N4O2S2. The summed E-state index contributed by atoms with van der Waals surface area (Å²) in [5, 5.41) is 16.8. The fraction of sp³-hybridized carbons (Fsp3) is 0.556. The molecule has 2 aromatic heterocycles. The number of thiophene rings is 1. The van der Waals surface area contributed by atoms with E-state index in [1.54, 1.807) is 19.1 Å². The molecule has 142 valence electrons. The number of amides is 2. The van der Waals surface area contributed by atoms with E-state index >= 15 is 0 Å². The Kier molecular flexibility index (Phi) is 8.70. The second-order valence-electron chi connectivity index (χ2n) is 6.18. The van der Waals surface area contributed by atoms with Gasteiger partial charge in [0.15, 0.2) is 0 Å². The van der Waals surface area contributed by atoms with Gasteiger partial charge >= 0.3 is 0 Å². The second kappa shape index (κ2) is 11.0. The van der Waals surface area contributed by atoms with E-state index in [-0.39, 0.29) is 11.8 Å². The van der Waals surface area contributed by atoms with Crippen molar-refractivity contribution in [2.75, 3.05) is 5.32 Å². The molecule has 2 heterocycles. The monoisotopic (exact) mass is 394 g/mol. The molecule has 0 spiro atoms. The Bertz CT molecular complexity index is 685. The maximum Gasteiger partial charge on any atom is 0.261 e. The van der Waals surface area contributed by atoms with Crippen LogP contribution in [0.5, 0.6) is 0 Å². The van der Waals surface area contributed by atoms with Gasteiger partial charge in [-0.1, -0.05) is 56.4 Å². The Hall–Kier alpha value is -1.80. The number of aromatic nitrogens is 2. The van der Waals surface area contributed by atoms with Crippen LogP contribution in [-0.4, -0.2) is 28.1 Å². The molecule has 0 aromatic carbocycles. The zero-order valence-corrected chi connectivity index (χ0v) is 16.9. The highest BCUT2D eigenvalue weighted by Gasteiger charge is 2.18. The van der Waals surface area contributed by atoms with Crippen LogP contribution in [0.4, 0.5) is 5.13 Å². The van der Waals surface area contributed by atoms with E-state index in [0.29, 0.717) is 10.0 Å². The van der Waals surface area contributed by atoms with Crippen molar-refractivity contribution in [2.45, 2.75) is 64.8 Å². The fourth-order valence-electron chi connectivity index (χ4n) is 2.42. The Balaban J connectivity index is 1.71. The molecule has 0 aliphatic rings. The first-order valence-electron chi connectivity index (χ1n) is 9.07. The van der Waals surface area contributed by atoms with E-state index in [1.807, 2.05) is 5.38 Å². The SMILES string of the molecule is CCCCCCCCc1nnc(NC(=O)C(C)NC(=O)c2cccs2)s1.